The first-order chi connectivity index (χ1) is 12.0. The van der Waals surface area contributed by atoms with E-state index in [1.807, 2.05) is 12.1 Å². The van der Waals surface area contributed by atoms with Gasteiger partial charge in [-0.05, 0) is 48.6 Å². The third kappa shape index (κ3) is 4.18. The van der Waals surface area contributed by atoms with E-state index in [9.17, 15) is 13.2 Å². The molecular weight excluding hydrogens is 342 g/mol. The predicted octanol–water partition coefficient (Wildman–Crippen LogP) is 1.99. The Morgan fingerprint density at radius 3 is 2.64 bits per heavy atom. The molecule has 3 rings (SSSR count). The highest BCUT2D eigenvalue weighted by molar-refractivity contribution is 7.89. The van der Waals surface area contributed by atoms with Gasteiger partial charge in [-0.15, -0.1) is 0 Å². The van der Waals surface area contributed by atoms with Gasteiger partial charge < -0.3 is 9.84 Å². The zero-order chi connectivity index (χ0) is 17.9. The number of hydrogen-bond acceptors (Lipinski definition) is 4. The maximum absolute atomic E-state index is 12.5. The first-order valence-electron chi connectivity index (χ1n) is 7.98. The van der Waals surface area contributed by atoms with E-state index in [0.29, 0.717) is 25.0 Å². The lowest BCUT2D eigenvalue weighted by molar-refractivity contribution is -0.139. The van der Waals surface area contributed by atoms with E-state index in [4.69, 9.17) is 9.84 Å². The molecule has 1 aliphatic rings. The van der Waals surface area contributed by atoms with Gasteiger partial charge in [0.2, 0.25) is 10.0 Å². The molecule has 132 valence electrons. The highest BCUT2D eigenvalue weighted by Crippen LogP contribution is 2.30. The molecule has 0 heterocycles. The molecule has 0 radical (unpaired) electrons. The van der Waals surface area contributed by atoms with Gasteiger partial charge in [-0.25, -0.2) is 17.9 Å². The van der Waals surface area contributed by atoms with E-state index in [0.717, 1.165) is 11.1 Å². The summed E-state index contributed by atoms with van der Waals surface area (Å²) in [5, 5.41) is 8.79. The van der Waals surface area contributed by atoms with Crippen LogP contribution < -0.4 is 9.46 Å². The molecule has 0 saturated carbocycles. The minimum Gasteiger partial charge on any atom is -0.482 e. The van der Waals surface area contributed by atoms with Crippen molar-refractivity contribution in [1.82, 2.24) is 4.72 Å². The number of hydrogen-bond donors (Lipinski definition) is 2. The second-order valence-corrected chi connectivity index (χ2v) is 7.66. The summed E-state index contributed by atoms with van der Waals surface area (Å²) in [6.45, 7) is -0.420. The molecule has 0 fully saturated rings. The highest BCUT2D eigenvalue weighted by atomic mass is 32.2. The topological polar surface area (TPSA) is 92.7 Å². The van der Waals surface area contributed by atoms with Crippen molar-refractivity contribution in [3.05, 3.63) is 59.7 Å². The summed E-state index contributed by atoms with van der Waals surface area (Å²) in [6.07, 6.45) is 1.86. The number of ether oxygens (including phenoxy) is 1. The second-order valence-electron chi connectivity index (χ2n) is 5.95. The highest BCUT2D eigenvalue weighted by Gasteiger charge is 2.26. The average Bonchev–Trinajstić information content (AvgIpc) is 2.60. The molecule has 2 aromatic carbocycles. The van der Waals surface area contributed by atoms with Crippen molar-refractivity contribution in [3.8, 4) is 5.75 Å². The summed E-state index contributed by atoms with van der Waals surface area (Å²) in [5.41, 5.74) is 1.94. The maximum atomic E-state index is 12.5. The van der Waals surface area contributed by atoms with Crippen LogP contribution in [-0.4, -0.2) is 32.1 Å². The van der Waals surface area contributed by atoms with Crippen LogP contribution in [0.25, 0.3) is 0 Å². The lowest BCUT2D eigenvalue weighted by Gasteiger charge is -2.27. The Labute approximate surface area is 146 Å². The molecule has 0 aromatic heterocycles. The quantitative estimate of drug-likeness (QED) is 0.821. The molecule has 25 heavy (non-hydrogen) atoms. The summed E-state index contributed by atoms with van der Waals surface area (Å²) in [5.74, 6) is -0.543. The van der Waals surface area contributed by atoms with Gasteiger partial charge in [-0.3, -0.25) is 0 Å². The summed E-state index contributed by atoms with van der Waals surface area (Å²) >= 11 is 0. The molecule has 1 unspecified atom stereocenters. The van der Waals surface area contributed by atoms with Gasteiger partial charge >= 0.3 is 5.97 Å². The van der Waals surface area contributed by atoms with E-state index in [-0.39, 0.29) is 10.9 Å². The van der Waals surface area contributed by atoms with E-state index in [2.05, 4.69) is 4.72 Å². The molecule has 6 nitrogen and oxygen atoms in total. The van der Waals surface area contributed by atoms with E-state index in [1.54, 1.807) is 36.4 Å². The Balaban J connectivity index is 1.77. The summed E-state index contributed by atoms with van der Waals surface area (Å²) < 4.78 is 33.1. The van der Waals surface area contributed by atoms with Crippen LogP contribution in [0.3, 0.4) is 0 Å². The molecule has 0 spiro atoms. The lowest BCUT2D eigenvalue weighted by Crippen LogP contribution is -2.39. The summed E-state index contributed by atoms with van der Waals surface area (Å²) in [4.78, 5) is 11.0. The molecule has 0 bridgehead atoms. The Morgan fingerprint density at radius 1 is 1.16 bits per heavy atom. The standard InChI is InChI=1S/C18H19NO5S/c20-18(21)12-24-17-8-4-5-13-9-10-14(11-16(13)17)19-25(22,23)15-6-2-1-3-7-15/h1-8,14,19H,9-12H2,(H,20,21). The third-order valence-electron chi connectivity index (χ3n) is 4.17. The van der Waals surface area contributed by atoms with Crippen LogP contribution in [0, 0.1) is 0 Å². The summed E-state index contributed by atoms with van der Waals surface area (Å²) in [6, 6.07) is 13.5. The first-order valence-corrected chi connectivity index (χ1v) is 9.47. The fourth-order valence-corrected chi connectivity index (χ4v) is 4.31. The van der Waals surface area contributed by atoms with Crippen LogP contribution in [0.2, 0.25) is 0 Å². The number of benzene rings is 2. The number of nitrogens with one attached hydrogen (secondary N) is 1. The van der Waals surface area contributed by atoms with E-state index in [1.165, 1.54) is 0 Å². The van der Waals surface area contributed by atoms with Crippen molar-refractivity contribution < 1.29 is 23.1 Å². The number of aliphatic carboxylic acids is 1. The number of fused-ring (bicyclic) bond motifs is 1. The molecule has 0 aliphatic heterocycles. The molecule has 0 amide bonds. The van der Waals surface area contributed by atoms with Crippen molar-refractivity contribution in [2.45, 2.75) is 30.2 Å². The van der Waals surface area contributed by atoms with Gasteiger partial charge in [0.15, 0.2) is 6.61 Å². The Morgan fingerprint density at radius 2 is 1.92 bits per heavy atom. The SMILES string of the molecule is O=C(O)COc1cccc2c1CC(NS(=O)(=O)c1ccccc1)CC2. The third-order valence-corrected chi connectivity index (χ3v) is 5.71. The molecule has 7 heteroatoms. The molecule has 1 aliphatic carbocycles. The van der Waals surface area contributed by atoms with Crippen LogP contribution in [0.15, 0.2) is 53.4 Å². The van der Waals surface area contributed by atoms with Gasteiger partial charge in [0.1, 0.15) is 5.75 Å². The van der Waals surface area contributed by atoms with Crippen molar-refractivity contribution in [2.75, 3.05) is 6.61 Å². The minimum absolute atomic E-state index is 0.233. The monoisotopic (exact) mass is 361 g/mol. The van der Waals surface area contributed by atoms with Gasteiger partial charge in [0.05, 0.1) is 4.90 Å². The van der Waals surface area contributed by atoms with E-state index < -0.39 is 22.6 Å². The number of carboxylic acid groups (broad SMARTS) is 1. The molecule has 2 aromatic rings. The van der Waals surface area contributed by atoms with Crippen LogP contribution in [-0.2, 0) is 27.7 Å². The number of aryl methyl sites for hydroxylation is 1. The van der Waals surface area contributed by atoms with Crippen LogP contribution in [0.1, 0.15) is 17.5 Å². The Hall–Kier alpha value is -2.38. The van der Waals surface area contributed by atoms with Gasteiger partial charge in [0.25, 0.3) is 0 Å². The molecule has 0 saturated heterocycles. The van der Waals surface area contributed by atoms with Crippen LogP contribution in [0.5, 0.6) is 5.75 Å². The molecule has 1 atom stereocenters. The fourth-order valence-electron chi connectivity index (χ4n) is 3.02. The zero-order valence-electron chi connectivity index (χ0n) is 13.5. The lowest BCUT2D eigenvalue weighted by atomic mass is 9.88. The van der Waals surface area contributed by atoms with Crippen molar-refractivity contribution in [3.63, 3.8) is 0 Å². The van der Waals surface area contributed by atoms with Gasteiger partial charge in [-0.2, -0.15) is 0 Å². The largest absolute Gasteiger partial charge is 0.482 e. The maximum Gasteiger partial charge on any atom is 0.341 e. The summed E-state index contributed by atoms with van der Waals surface area (Å²) in [7, 11) is -3.59. The average molecular weight is 361 g/mol. The fraction of sp³-hybridized carbons (Fsp3) is 0.278. The van der Waals surface area contributed by atoms with Crippen molar-refractivity contribution >= 4 is 16.0 Å². The van der Waals surface area contributed by atoms with Gasteiger partial charge in [-0.1, -0.05) is 30.3 Å². The number of sulfonamides is 1. The van der Waals surface area contributed by atoms with Crippen LogP contribution in [0.4, 0.5) is 0 Å². The predicted molar refractivity (Wildman–Crippen MR) is 92.1 cm³/mol. The normalized spacial score (nSPS) is 16.9. The number of rotatable bonds is 6. The number of carbonyl (C=O) groups is 1. The Kier molecular flexibility index (Phi) is 5.06. The van der Waals surface area contributed by atoms with Crippen LogP contribution >= 0.6 is 0 Å². The van der Waals surface area contributed by atoms with Gasteiger partial charge in [0, 0.05) is 6.04 Å². The molecular formula is C18H19NO5S. The van der Waals surface area contributed by atoms with Crippen molar-refractivity contribution in [2.24, 2.45) is 0 Å². The van der Waals surface area contributed by atoms with E-state index >= 15 is 0 Å². The van der Waals surface area contributed by atoms with Crippen molar-refractivity contribution in [1.29, 1.82) is 0 Å². The molecule has 2 N–H and O–H groups in total. The Bertz CT molecular complexity index is 864. The minimum atomic E-state index is -3.59. The smallest absolute Gasteiger partial charge is 0.341 e. The zero-order valence-corrected chi connectivity index (χ0v) is 14.3. The first kappa shape index (κ1) is 17.4. The second kappa shape index (κ2) is 7.25. The number of carboxylic acids is 1.